The number of halogens is 2. The summed E-state index contributed by atoms with van der Waals surface area (Å²) in [7, 11) is 0. The van der Waals surface area contributed by atoms with Crippen LogP contribution in [0.4, 0.5) is 0 Å². The Bertz CT molecular complexity index is 1490. The van der Waals surface area contributed by atoms with Gasteiger partial charge in [-0.1, -0.05) is 68.3 Å². The molecule has 0 atom stereocenters. The molecular formula is C26H16Br2N4. The standard InChI is InChI=1S/C26H16Br2N4/c27-17-9-11-19(25(13-17)31-15-29-21-5-1-3-7-23(21)31)20-12-10-18(28)14-26(20)32-16-30-22-6-2-4-8-24(22)32/h1-16H. The van der Waals surface area contributed by atoms with Gasteiger partial charge in [-0.3, -0.25) is 9.13 Å². The highest BCUT2D eigenvalue weighted by molar-refractivity contribution is 9.10. The van der Waals surface area contributed by atoms with E-state index >= 15 is 0 Å². The zero-order valence-electron chi connectivity index (χ0n) is 16.8. The van der Waals surface area contributed by atoms with Crippen molar-refractivity contribution in [2.45, 2.75) is 0 Å². The second kappa shape index (κ2) is 7.73. The number of benzene rings is 4. The summed E-state index contributed by atoms with van der Waals surface area (Å²) in [4.78, 5) is 9.22. The van der Waals surface area contributed by atoms with Crippen molar-refractivity contribution >= 4 is 53.9 Å². The summed E-state index contributed by atoms with van der Waals surface area (Å²) in [5.74, 6) is 0. The van der Waals surface area contributed by atoms with Crippen LogP contribution in [0.2, 0.25) is 0 Å². The normalized spacial score (nSPS) is 11.4. The molecule has 0 spiro atoms. The van der Waals surface area contributed by atoms with E-state index < -0.39 is 0 Å². The number of para-hydroxylation sites is 4. The third-order valence-corrected chi connectivity index (χ3v) is 6.62. The number of hydrogen-bond donors (Lipinski definition) is 0. The maximum atomic E-state index is 4.61. The second-order valence-electron chi connectivity index (χ2n) is 7.53. The van der Waals surface area contributed by atoms with Crippen LogP contribution in [0.3, 0.4) is 0 Å². The Morgan fingerprint density at radius 3 is 1.44 bits per heavy atom. The third-order valence-electron chi connectivity index (χ3n) is 5.64. The van der Waals surface area contributed by atoms with Crippen LogP contribution in [-0.4, -0.2) is 19.1 Å². The van der Waals surface area contributed by atoms with Gasteiger partial charge in [0.15, 0.2) is 0 Å². The lowest BCUT2D eigenvalue weighted by Gasteiger charge is -2.17. The van der Waals surface area contributed by atoms with Gasteiger partial charge in [-0.25, -0.2) is 9.97 Å². The van der Waals surface area contributed by atoms with Crippen LogP contribution in [0.5, 0.6) is 0 Å². The highest BCUT2D eigenvalue weighted by Crippen LogP contribution is 2.37. The molecule has 0 radical (unpaired) electrons. The molecule has 0 aliphatic heterocycles. The highest BCUT2D eigenvalue weighted by Gasteiger charge is 2.16. The Labute approximate surface area is 201 Å². The summed E-state index contributed by atoms with van der Waals surface area (Å²) in [6.07, 6.45) is 3.78. The molecule has 0 unspecified atom stereocenters. The van der Waals surface area contributed by atoms with E-state index in [1.54, 1.807) is 0 Å². The Balaban J connectivity index is 1.64. The number of imidazole rings is 2. The zero-order valence-corrected chi connectivity index (χ0v) is 20.0. The van der Waals surface area contributed by atoms with Crippen LogP contribution in [0.15, 0.2) is 107 Å². The molecule has 0 aliphatic carbocycles. The predicted molar refractivity (Wildman–Crippen MR) is 137 cm³/mol. The van der Waals surface area contributed by atoms with Gasteiger partial charge in [-0.15, -0.1) is 0 Å². The van der Waals surface area contributed by atoms with Crippen molar-refractivity contribution < 1.29 is 0 Å². The van der Waals surface area contributed by atoms with Crippen LogP contribution >= 0.6 is 31.9 Å². The van der Waals surface area contributed by atoms with E-state index in [2.05, 4.69) is 99.5 Å². The van der Waals surface area contributed by atoms with Gasteiger partial charge in [0.2, 0.25) is 0 Å². The van der Waals surface area contributed by atoms with Crippen molar-refractivity contribution in [2.75, 3.05) is 0 Å². The molecule has 0 fully saturated rings. The molecule has 0 saturated carbocycles. The molecule has 0 saturated heterocycles. The summed E-state index contributed by atoms with van der Waals surface area (Å²) in [5.41, 5.74) is 8.40. The molecule has 0 bridgehead atoms. The lowest BCUT2D eigenvalue weighted by molar-refractivity contribution is 1.08. The number of nitrogens with zero attached hydrogens (tertiary/aromatic N) is 4. The maximum absolute atomic E-state index is 4.61. The van der Waals surface area contributed by atoms with Gasteiger partial charge in [0.25, 0.3) is 0 Å². The van der Waals surface area contributed by atoms with E-state index in [-0.39, 0.29) is 0 Å². The smallest absolute Gasteiger partial charge is 0.100 e. The van der Waals surface area contributed by atoms with Crippen molar-refractivity contribution in [1.29, 1.82) is 0 Å². The molecule has 4 nitrogen and oxygen atoms in total. The highest BCUT2D eigenvalue weighted by atomic mass is 79.9. The topological polar surface area (TPSA) is 35.6 Å². The molecular weight excluding hydrogens is 528 g/mol. The first-order chi connectivity index (χ1) is 15.7. The second-order valence-corrected chi connectivity index (χ2v) is 9.36. The minimum Gasteiger partial charge on any atom is -0.298 e. The maximum Gasteiger partial charge on any atom is 0.100 e. The van der Waals surface area contributed by atoms with Gasteiger partial charge < -0.3 is 0 Å². The zero-order chi connectivity index (χ0) is 21.7. The Morgan fingerprint density at radius 2 is 0.969 bits per heavy atom. The first-order valence-electron chi connectivity index (χ1n) is 10.1. The molecule has 0 N–H and O–H groups in total. The van der Waals surface area contributed by atoms with Crippen molar-refractivity contribution in [3.8, 4) is 22.5 Å². The predicted octanol–water partition coefficient (Wildman–Crippen LogP) is 7.56. The van der Waals surface area contributed by atoms with E-state index in [1.807, 2.05) is 49.1 Å². The molecule has 0 amide bonds. The first-order valence-corrected chi connectivity index (χ1v) is 11.7. The Morgan fingerprint density at radius 1 is 0.531 bits per heavy atom. The molecule has 6 rings (SSSR count). The molecule has 4 aromatic carbocycles. The molecule has 32 heavy (non-hydrogen) atoms. The Hall–Kier alpha value is -3.22. The number of aromatic nitrogens is 4. The summed E-state index contributed by atoms with van der Waals surface area (Å²) in [6, 6.07) is 29.1. The molecule has 2 heterocycles. The van der Waals surface area contributed by atoms with Crippen molar-refractivity contribution in [1.82, 2.24) is 19.1 Å². The van der Waals surface area contributed by atoms with Crippen molar-refractivity contribution in [3.63, 3.8) is 0 Å². The number of rotatable bonds is 3. The van der Waals surface area contributed by atoms with Crippen molar-refractivity contribution in [3.05, 3.63) is 107 Å². The molecule has 2 aromatic heterocycles. The van der Waals surface area contributed by atoms with Gasteiger partial charge in [-0.05, 0) is 48.5 Å². The monoisotopic (exact) mass is 542 g/mol. The molecule has 154 valence electrons. The summed E-state index contributed by atoms with van der Waals surface area (Å²) >= 11 is 7.33. The van der Waals surface area contributed by atoms with Crippen LogP contribution in [0, 0.1) is 0 Å². The van der Waals surface area contributed by atoms with Crippen LogP contribution in [0.25, 0.3) is 44.6 Å². The fraction of sp³-hybridized carbons (Fsp3) is 0. The van der Waals surface area contributed by atoms with Gasteiger partial charge >= 0.3 is 0 Å². The van der Waals surface area contributed by atoms with Gasteiger partial charge in [0, 0.05) is 20.1 Å². The minimum atomic E-state index is 0.968. The van der Waals surface area contributed by atoms with E-state index in [4.69, 9.17) is 0 Å². The van der Waals surface area contributed by atoms with Gasteiger partial charge in [0.05, 0.1) is 33.4 Å². The average Bonchev–Trinajstić information content (AvgIpc) is 3.44. The molecule has 6 aromatic rings. The number of fused-ring (bicyclic) bond motifs is 2. The molecule has 6 heteroatoms. The largest absolute Gasteiger partial charge is 0.298 e. The third kappa shape index (κ3) is 3.18. The van der Waals surface area contributed by atoms with Crippen LogP contribution in [0.1, 0.15) is 0 Å². The lowest BCUT2D eigenvalue weighted by atomic mass is 10.0. The first kappa shape index (κ1) is 19.5. The van der Waals surface area contributed by atoms with Crippen molar-refractivity contribution in [2.24, 2.45) is 0 Å². The summed E-state index contributed by atoms with van der Waals surface area (Å²) in [5, 5.41) is 0. The van der Waals surface area contributed by atoms with Gasteiger partial charge in [0.1, 0.15) is 12.7 Å². The van der Waals surface area contributed by atoms with Crippen LogP contribution in [-0.2, 0) is 0 Å². The summed E-state index contributed by atoms with van der Waals surface area (Å²) < 4.78 is 6.32. The Kier molecular flexibility index (Phi) is 4.70. The van der Waals surface area contributed by atoms with Crippen LogP contribution < -0.4 is 0 Å². The fourth-order valence-electron chi connectivity index (χ4n) is 4.17. The average molecular weight is 544 g/mol. The van der Waals surface area contributed by atoms with E-state index in [0.29, 0.717) is 0 Å². The number of hydrogen-bond acceptors (Lipinski definition) is 2. The van der Waals surface area contributed by atoms with E-state index in [9.17, 15) is 0 Å². The van der Waals surface area contributed by atoms with E-state index in [0.717, 1.165) is 53.5 Å². The summed E-state index contributed by atoms with van der Waals surface area (Å²) in [6.45, 7) is 0. The SMILES string of the molecule is Brc1ccc(-c2ccc(Br)cc2-n2cnc3ccccc32)c(-n2cnc3ccccc32)c1. The minimum absolute atomic E-state index is 0.968. The molecule has 0 aliphatic rings. The lowest BCUT2D eigenvalue weighted by Crippen LogP contribution is -2.00. The quantitative estimate of drug-likeness (QED) is 0.231. The van der Waals surface area contributed by atoms with Gasteiger partial charge in [-0.2, -0.15) is 0 Å². The fourth-order valence-corrected chi connectivity index (χ4v) is 4.86. The van der Waals surface area contributed by atoms with E-state index in [1.165, 1.54) is 0 Å².